The molecule has 1 aromatic heterocycles. The zero-order valence-corrected chi connectivity index (χ0v) is 11.5. The number of aromatic nitrogens is 1. The summed E-state index contributed by atoms with van der Waals surface area (Å²) >= 11 is 0. The Hall–Kier alpha value is -1.75. The molecule has 0 bridgehead atoms. The van der Waals surface area contributed by atoms with Crippen molar-refractivity contribution in [2.24, 2.45) is 0 Å². The van der Waals surface area contributed by atoms with Gasteiger partial charge in [0, 0.05) is 31.4 Å². The van der Waals surface area contributed by atoms with Crippen LogP contribution < -0.4 is 10.6 Å². The predicted molar refractivity (Wildman–Crippen MR) is 77.3 cm³/mol. The molecule has 102 valence electrons. The molecule has 0 amide bonds. The molecule has 1 saturated heterocycles. The highest BCUT2D eigenvalue weighted by atomic mass is 16.4. The van der Waals surface area contributed by atoms with Gasteiger partial charge in [-0.2, -0.15) is 4.98 Å². The van der Waals surface area contributed by atoms with Gasteiger partial charge in [0.1, 0.15) is 5.52 Å². The molecule has 5 heteroatoms. The summed E-state index contributed by atoms with van der Waals surface area (Å²) in [5, 5.41) is 0. The molecule has 5 nitrogen and oxygen atoms in total. The number of oxazole rings is 1. The molecule has 2 N–H and O–H groups in total. The van der Waals surface area contributed by atoms with E-state index in [0.29, 0.717) is 12.1 Å². The van der Waals surface area contributed by atoms with Crippen molar-refractivity contribution in [2.75, 3.05) is 37.3 Å². The van der Waals surface area contributed by atoms with Gasteiger partial charge >= 0.3 is 0 Å². The first-order valence-corrected chi connectivity index (χ1v) is 6.78. The summed E-state index contributed by atoms with van der Waals surface area (Å²) < 4.78 is 5.83. The molecule has 0 saturated carbocycles. The van der Waals surface area contributed by atoms with E-state index in [9.17, 15) is 0 Å². The molecule has 1 unspecified atom stereocenters. The average molecular weight is 260 g/mol. The van der Waals surface area contributed by atoms with Crippen molar-refractivity contribution in [1.82, 2.24) is 9.88 Å². The molecule has 1 aromatic carbocycles. The topological polar surface area (TPSA) is 58.5 Å². The molecule has 19 heavy (non-hydrogen) atoms. The van der Waals surface area contributed by atoms with Crippen molar-refractivity contribution in [3.8, 4) is 0 Å². The monoisotopic (exact) mass is 260 g/mol. The Labute approximate surface area is 113 Å². The van der Waals surface area contributed by atoms with Crippen LogP contribution >= 0.6 is 0 Å². The maximum absolute atomic E-state index is 5.83. The van der Waals surface area contributed by atoms with Gasteiger partial charge < -0.3 is 15.1 Å². The lowest BCUT2D eigenvalue weighted by Crippen LogP contribution is -2.51. The van der Waals surface area contributed by atoms with Gasteiger partial charge in [0.05, 0.1) is 0 Å². The standard InChI is InChI=1S/C14H20N4O/c1-3-11-9-18(7-6-17(11)2)14-16-12-8-10(15)4-5-13(12)19-14/h4-5,8,11H,3,6-7,9,15H2,1-2H3. The minimum absolute atomic E-state index is 0.564. The molecule has 0 aliphatic carbocycles. The van der Waals surface area contributed by atoms with Crippen LogP contribution in [0.5, 0.6) is 0 Å². The number of benzene rings is 1. The second-order valence-corrected chi connectivity index (χ2v) is 5.21. The van der Waals surface area contributed by atoms with E-state index in [1.54, 1.807) is 0 Å². The molecule has 2 aromatic rings. The van der Waals surface area contributed by atoms with Gasteiger partial charge in [-0.3, -0.25) is 4.90 Å². The first kappa shape index (κ1) is 12.3. The molecule has 1 atom stereocenters. The Morgan fingerprint density at radius 2 is 2.26 bits per heavy atom. The van der Waals surface area contributed by atoms with E-state index >= 15 is 0 Å². The molecule has 1 aliphatic heterocycles. The Morgan fingerprint density at radius 1 is 1.42 bits per heavy atom. The molecular formula is C14H20N4O. The number of rotatable bonds is 2. The highest BCUT2D eigenvalue weighted by molar-refractivity contribution is 5.78. The molecule has 1 fully saturated rings. The lowest BCUT2D eigenvalue weighted by Gasteiger charge is -2.38. The number of piperazine rings is 1. The van der Waals surface area contributed by atoms with Crippen molar-refractivity contribution in [3.05, 3.63) is 18.2 Å². The SMILES string of the molecule is CCC1CN(c2nc3cc(N)ccc3o2)CCN1C. The van der Waals surface area contributed by atoms with Crippen molar-refractivity contribution >= 4 is 22.8 Å². The van der Waals surface area contributed by atoms with Crippen LogP contribution in [0.3, 0.4) is 0 Å². The van der Waals surface area contributed by atoms with Crippen molar-refractivity contribution in [2.45, 2.75) is 19.4 Å². The van der Waals surface area contributed by atoms with E-state index in [2.05, 4.69) is 28.8 Å². The Bertz CT molecular complexity index is 580. The molecule has 1 aliphatic rings. The summed E-state index contributed by atoms with van der Waals surface area (Å²) in [6.07, 6.45) is 1.14. The van der Waals surface area contributed by atoms with Gasteiger partial charge in [0.2, 0.25) is 0 Å². The molecule has 0 spiro atoms. The molecular weight excluding hydrogens is 240 g/mol. The van der Waals surface area contributed by atoms with Crippen LogP contribution in [0.25, 0.3) is 11.1 Å². The zero-order chi connectivity index (χ0) is 13.4. The third-order valence-corrected chi connectivity index (χ3v) is 3.92. The fourth-order valence-corrected chi connectivity index (χ4v) is 2.63. The lowest BCUT2D eigenvalue weighted by molar-refractivity contribution is 0.209. The second-order valence-electron chi connectivity index (χ2n) is 5.21. The van der Waals surface area contributed by atoms with Crippen LogP contribution in [-0.2, 0) is 0 Å². The van der Waals surface area contributed by atoms with Crippen LogP contribution in [0.4, 0.5) is 11.7 Å². The summed E-state index contributed by atoms with van der Waals surface area (Å²) in [7, 11) is 2.18. The molecule has 2 heterocycles. The van der Waals surface area contributed by atoms with Crippen LogP contribution in [0.15, 0.2) is 22.6 Å². The normalized spacial score (nSPS) is 21.2. The van der Waals surface area contributed by atoms with E-state index in [1.165, 1.54) is 0 Å². The predicted octanol–water partition coefficient (Wildman–Crippen LogP) is 1.94. The maximum Gasteiger partial charge on any atom is 0.298 e. The lowest BCUT2D eigenvalue weighted by atomic mass is 10.1. The Balaban J connectivity index is 1.87. The third-order valence-electron chi connectivity index (χ3n) is 3.92. The van der Waals surface area contributed by atoms with Crippen LogP contribution in [0, 0.1) is 0 Å². The third kappa shape index (κ3) is 2.26. The van der Waals surface area contributed by atoms with E-state index in [1.807, 2.05) is 18.2 Å². The molecule has 3 rings (SSSR count). The van der Waals surface area contributed by atoms with Gasteiger partial charge in [0.15, 0.2) is 5.58 Å². The summed E-state index contributed by atoms with van der Waals surface area (Å²) in [6.45, 7) is 5.18. The van der Waals surface area contributed by atoms with Gasteiger partial charge in [-0.05, 0) is 31.7 Å². The maximum atomic E-state index is 5.83. The summed E-state index contributed by atoms with van der Waals surface area (Å²) in [5.74, 6) is 0. The number of anilines is 2. The van der Waals surface area contributed by atoms with Crippen molar-refractivity contribution in [3.63, 3.8) is 0 Å². The minimum atomic E-state index is 0.564. The summed E-state index contributed by atoms with van der Waals surface area (Å²) in [4.78, 5) is 9.18. The molecule has 0 radical (unpaired) electrons. The number of fused-ring (bicyclic) bond motifs is 1. The second kappa shape index (κ2) is 4.74. The highest BCUT2D eigenvalue weighted by Crippen LogP contribution is 2.25. The van der Waals surface area contributed by atoms with E-state index in [4.69, 9.17) is 10.2 Å². The van der Waals surface area contributed by atoms with Gasteiger partial charge in [0.25, 0.3) is 6.01 Å². The first-order valence-electron chi connectivity index (χ1n) is 6.78. The zero-order valence-electron chi connectivity index (χ0n) is 11.5. The fourth-order valence-electron chi connectivity index (χ4n) is 2.63. The number of hydrogen-bond acceptors (Lipinski definition) is 5. The minimum Gasteiger partial charge on any atom is -0.423 e. The smallest absolute Gasteiger partial charge is 0.298 e. The van der Waals surface area contributed by atoms with E-state index in [-0.39, 0.29) is 0 Å². The number of likely N-dealkylation sites (N-methyl/N-ethyl adjacent to an activating group) is 1. The van der Waals surface area contributed by atoms with Crippen molar-refractivity contribution < 1.29 is 4.42 Å². The van der Waals surface area contributed by atoms with Gasteiger partial charge in [-0.25, -0.2) is 0 Å². The largest absolute Gasteiger partial charge is 0.423 e. The summed E-state index contributed by atoms with van der Waals surface area (Å²) in [6, 6.07) is 6.86. The van der Waals surface area contributed by atoms with Crippen LogP contribution in [-0.4, -0.2) is 42.6 Å². The quantitative estimate of drug-likeness (QED) is 0.836. The number of nitrogen functional groups attached to an aromatic ring is 1. The fraction of sp³-hybridized carbons (Fsp3) is 0.500. The number of hydrogen-bond donors (Lipinski definition) is 1. The van der Waals surface area contributed by atoms with Gasteiger partial charge in [-0.15, -0.1) is 0 Å². The number of nitrogens with two attached hydrogens (primary N) is 1. The van der Waals surface area contributed by atoms with E-state index in [0.717, 1.165) is 42.8 Å². The van der Waals surface area contributed by atoms with E-state index < -0.39 is 0 Å². The number of nitrogens with zero attached hydrogens (tertiary/aromatic N) is 3. The van der Waals surface area contributed by atoms with Crippen LogP contribution in [0.2, 0.25) is 0 Å². The summed E-state index contributed by atoms with van der Waals surface area (Å²) in [5.41, 5.74) is 8.13. The van der Waals surface area contributed by atoms with Gasteiger partial charge in [-0.1, -0.05) is 6.92 Å². The highest BCUT2D eigenvalue weighted by Gasteiger charge is 2.25. The van der Waals surface area contributed by atoms with Crippen LogP contribution in [0.1, 0.15) is 13.3 Å². The van der Waals surface area contributed by atoms with Crippen molar-refractivity contribution in [1.29, 1.82) is 0 Å². The Morgan fingerprint density at radius 3 is 3.05 bits per heavy atom. The average Bonchev–Trinajstić information content (AvgIpc) is 2.82. The Kier molecular flexibility index (Phi) is 3.06. The first-order chi connectivity index (χ1) is 9.17.